The van der Waals surface area contributed by atoms with Crippen LogP contribution in [0.5, 0.6) is 11.5 Å². The first-order valence-corrected chi connectivity index (χ1v) is 8.58. The number of methoxy groups -OCH3 is 1. The molecule has 1 aromatic heterocycles. The highest BCUT2D eigenvalue weighted by molar-refractivity contribution is 5.85. The van der Waals surface area contributed by atoms with Gasteiger partial charge >= 0.3 is 0 Å². The number of nitrogens with zero attached hydrogens (tertiary/aromatic N) is 1. The second kappa shape index (κ2) is 6.00. The number of rotatable bonds is 2. The molecule has 4 nitrogen and oxygen atoms in total. The molecular weight excluding hydrogens is 288 g/mol. The van der Waals surface area contributed by atoms with Crippen LogP contribution in [0.1, 0.15) is 31.2 Å². The highest BCUT2D eigenvalue weighted by Gasteiger charge is 2.31. The van der Waals surface area contributed by atoms with Crippen LogP contribution in [-0.4, -0.2) is 24.7 Å². The minimum atomic E-state index is 0.400. The van der Waals surface area contributed by atoms with E-state index in [-0.39, 0.29) is 0 Å². The lowest BCUT2D eigenvalue weighted by molar-refractivity contribution is 0.139. The summed E-state index contributed by atoms with van der Waals surface area (Å²) in [5.74, 6) is 3.14. The fourth-order valence-corrected chi connectivity index (χ4v) is 4.11. The van der Waals surface area contributed by atoms with Crippen LogP contribution in [0.15, 0.2) is 24.4 Å². The standard InChI is InChI=1S/C19H24N2O2/c1-22-15-6-7-18-16(9-15)17-8-13(11-23-19(17)10-21-18)12-2-4-14(20)5-3-12/h6-7,9-10,12-14H,2-5,8,11,20H2,1H3. The first kappa shape index (κ1) is 14.8. The van der Waals surface area contributed by atoms with E-state index in [1.165, 1.54) is 23.8 Å². The van der Waals surface area contributed by atoms with Gasteiger partial charge in [-0.1, -0.05) is 0 Å². The lowest BCUT2D eigenvalue weighted by atomic mass is 9.75. The molecule has 1 aliphatic heterocycles. The minimum absolute atomic E-state index is 0.400. The van der Waals surface area contributed by atoms with Gasteiger partial charge < -0.3 is 15.2 Å². The Labute approximate surface area is 137 Å². The summed E-state index contributed by atoms with van der Waals surface area (Å²) in [6.45, 7) is 0.810. The second-order valence-corrected chi connectivity index (χ2v) is 6.93. The van der Waals surface area contributed by atoms with Gasteiger partial charge in [-0.2, -0.15) is 0 Å². The summed E-state index contributed by atoms with van der Waals surface area (Å²) in [5, 5.41) is 1.17. The van der Waals surface area contributed by atoms with E-state index in [1.54, 1.807) is 7.11 Å². The van der Waals surface area contributed by atoms with Gasteiger partial charge in [-0.15, -0.1) is 0 Å². The fourth-order valence-electron chi connectivity index (χ4n) is 4.11. The van der Waals surface area contributed by atoms with E-state index in [2.05, 4.69) is 11.1 Å². The van der Waals surface area contributed by atoms with Crippen LogP contribution < -0.4 is 15.2 Å². The molecule has 0 amide bonds. The van der Waals surface area contributed by atoms with Crippen LogP contribution in [0.25, 0.3) is 10.9 Å². The van der Waals surface area contributed by atoms with Crippen molar-refractivity contribution in [2.75, 3.05) is 13.7 Å². The number of hydrogen-bond acceptors (Lipinski definition) is 4. The van der Waals surface area contributed by atoms with Crippen molar-refractivity contribution in [3.63, 3.8) is 0 Å². The zero-order chi connectivity index (χ0) is 15.8. The normalized spacial score (nSPS) is 27.3. The van der Waals surface area contributed by atoms with Gasteiger partial charge in [-0.3, -0.25) is 4.98 Å². The summed E-state index contributed by atoms with van der Waals surface area (Å²) in [4.78, 5) is 4.52. The number of nitrogens with two attached hydrogens (primary N) is 1. The summed E-state index contributed by atoms with van der Waals surface area (Å²) in [7, 11) is 1.70. The molecule has 23 heavy (non-hydrogen) atoms. The lowest BCUT2D eigenvalue weighted by Crippen LogP contribution is -2.34. The van der Waals surface area contributed by atoms with Crippen molar-refractivity contribution >= 4 is 10.9 Å². The smallest absolute Gasteiger partial charge is 0.141 e. The van der Waals surface area contributed by atoms with Gasteiger partial charge in [0.2, 0.25) is 0 Å². The van der Waals surface area contributed by atoms with Crippen LogP contribution in [-0.2, 0) is 6.42 Å². The molecule has 1 saturated carbocycles. The molecule has 2 heterocycles. The Hall–Kier alpha value is -1.81. The third-order valence-electron chi connectivity index (χ3n) is 5.55. The number of aromatic nitrogens is 1. The molecule has 4 rings (SSSR count). The molecular formula is C19H24N2O2. The van der Waals surface area contributed by atoms with Crippen molar-refractivity contribution in [3.8, 4) is 11.5 Å². The highest BCUT2D eigenvalue weighted by atomic mass is 16.5. The van der Waals surface area contributed by atoms with Crippen molar-refractivity contribution in [3.05, 3.63) is 30.0 Å². The number of pyridine rings is 1. The van der Waals surface area contributed by atoms with Gasteiger partial charge in [0, 0.05) is 22.9 Å². The number of fused-ring (bicyclic) bond motifs is 3. The number of ether oxygens (including phenoxy) is 2. The van der Waals surface area contributed by atoms with Gasteiger partial charge in [0.05, 0.1) is 25.4 Å². The Kier molecular flexibility index (Phi) is 3.85. The Bertz CT molecular complexity index is 703. The molecule has 1 aliphatic carbocycles. The molecule has 2 aliphatic rings. The van der Waals surface area contributed by atoms with E-state index >= 15 is 0 Å². The average molecular weight is 312 g/mol. The Morgan fingerprint density at radius 1 is 1.17 bits per heavy atom. The summed E-state index contributed by atoms with van der Waals surface area (Å²) in [5.41, 5.74) is 8.36. The van der Waals surface area contributed by atoms with Crippen LogP contribution in [0, 0.1) is 11.8 Å². The van der Waals surface area contributed by atoms with Crippen LogP contribution in [0.2, 0.25) is 0 Å². The molecule has 0 saturated heterocycles. The molecule has 2 N–H and O–H groups in total. The molecule has 1 aromatic carbocycles. The van der Waals surface area contributed by atoms with Crippen molar-refractivity contribution in [1.82, 2.24) is 4.98 Å². The Morgan fingerprint density at radius 3 is 2.78 bits per heavy atom. The third-order valence-corrected chi connectivity index (χ3v) is 5.55. The molecule has 0 bridgehead atoms. The average Bonchev–Trinajstić information content (AvgIpc) is 2.61. The topological polar surface area (TPSA) is 57.4 Å². The number of hydrogen-bond donors (Lipinski definition) is 1. The molecule has 1 atom stereocenters. The number of benzene rings is 1. The molecule has 0 radical (unpaired) electrons. The van der Waals surface area contributed by atoms with Gasteiger partial charge in [-0.25, -0.2) is 0 Å². The van der Waals surface area contributed by atoms with E-state index in [0.29, 0.717) is 12.0 Å². The Balaban J connectivity index is 1.65. The first-order chi connectivity index (χ1) is 11.2. The zero-order valence-electron chi connectivity index (χ0n) is 13.6. The third kappa shape index (κ3) is 2.76. The van der Waals surface area contributed by atoms with Crippen molar-refractivity contribution < 1.29 is 9.47 Å². The van der Waals surface area contributed by atoms with Gasteiger partial charge in [0.25, 0.3) is 0 Å². The quantitative estimate of drug-likeness (QED) is 0.924. The molecule has 4 heteroatoms. The predicted octanol–water partition coefficient (Wildman–Crippen LogP) is 3.31. The summed E-state index contributed by atoms with van der Waals surface area (Å²) in [6.07, 6.45) is 7.71. The minimum Gasteiger partial charge on any atom is -0.497 e. The van der Waals surface area contributed by atoms with Gasteiger partial charge in [0.15, 0.2) is 0 Å². The highest BCUT2D eigenvalue weighted by Crippen LogP contribution is 2.39. The van der Waals surface area contributed by atoms with Crippen LogP contribution >= 0.6 is 0 Å². The summed E-state index contributed by atoms with van der Waals surface area (Å²) < 4.78 is 11.4. The molecule has 0 spiro atoms. The van der Waals surface area contributed by atoms with E-state index in [9.17, 15) is 0 Å². The monoisotopic (exact) mass is 312 g/mol. The second-order valence-electron chi connectivity index (χ2n) is 6.93. The summed E-state index contributed by atoms with van der Waals surface area (Å²) in [6, 6.07) is 6.48. The maximum atomic E-state index is 6.06. The van der Waals surface area contributed by atoms with Gasteiger partial charge in [-0.05, 0) is 56.2 Å². The van der Waals surface area contributed by atoms with E-state index < -0.39 is 0 Å². The fraction of sp³-hybridized carbons (Fsp3) is 0.526. The molecule has 1 fully saturated rings. The maximum Gasteiger partial charge on any atom is 0.141 e. The van der Waals surface area contributed by atoms with E-state index in [1.807, 2.05) is 18.3 Å². The maximum absolute atomic E-state index is 6.06. The molecule has 2 aromatic rings. The molecule has 122 valence electrons. The van der Waals surface area contributed by atoms with Crippen LogP contribution in [0.4, 0.5) is 0 Å². The van der Waals surface area contributed by atoms with Crippen LogP contribution in [0.3, 0.4) is 0 Å². The Morgan fingerprint density at radius 2 is 2.00 bits per heavy atom. The predicted molar refractivity (Wildman–Crippen MR) is 90.9 cm³/mol. The first-order valence-electron chi connectivity index (χ1n) is 8.58. The molecule has 1 unspecified atom stereocenters. The van der Waals surface area contributed by atoms with Gasteiger partial charge in [0.1, 0.15) is 11.5 Å². The van der Waals surface area contributed by atoms with Crippen molar-refractivity contribution in [2.45, 2.75) is 38.1 Å². The lowest BCUT2D eigenvalue weighted by Gasteiger charge is -2.35. The van der Waals surface area contributed by atoms with Crippen molar-refractivity contribution in [1.29, 1.82) is 0 Å². The van der Waals surface area contributed by atoms with E-state index in [0.717, 1.165) is 48.8 Å². The largest absolute Gasteiger partial charge is 0.497 e. The van der Waals surface area contributed by atoms with Crippen molar-refractivity contribution in [2.24, 2.45) is 17.6 Å². The van der Waals surface area contributed by atoms with E-state index in [4.69, 9.17) is 15.2 Å². The summed E-state index contributed by atoms with van der Waals surface area (Å²) >= 11 is 0. The zero-order valence-corrected chi connectivity index (χ0v) is 13.6. The SMILES string of the molecule is COc1ccc2ncc3c(c2c1)CC(C1CCC(N)CC1)CO3.